The highest BCUT2D eigenvalue weighted by molar-refractivity contribution is 6.36. The summed E-state index contributed by atoms with van der Waals surface area (Å²) >= 11 is 0. The molecule has 7 heteroatoms. The molecule has 2 amide bonds. The van der Waals surface area contributed by atoms with E-state index in [0.29, 0.717) is 16.9 Å². The van der Waals surface area contributed by atoms with E-state index in [0.717, 1.165) is 42.5 Å². The van der Waals surface area contributed by atoms with Gasteiger partial charge in [-0.05, 0) is 37.4 Å². The first-order valence-corrected chi connectivity index (χ1v) is 10.00. The molecule has 2 aliphatic rings. The van der Waals surface area contributed by atoms with Crippen molar-refractivity contribution in [2.24, 2.45) is 0 Å². The summed E-state index contributed by atoms with van der Waals surface area (Å²) in [4.78, 5) is 31.4. The summed E-state index contributed by atoms with van der Waals surface area (Å²) in [5.74, 6) is -0.154. The highest BCUT2D eigenvalue weighted by Crippen LogP contribution is 2.34. The maximum atomic E-state index is 12.8. The van der Waals surface area contributed by atoms with Crippen molar-refractivity contribution in [3.8, 4) is 5.75 Å². The van der Waals surface area contributed by atoms with E-state index in [4.69, 9.17) is 4.74 Å². The van der Waals surface area contributed by atoms with E-state index in [9.17, 15) is 9.59 Å². The monoisotopic (exact) mass is 406 g/mol. The second-order valence-electron chi connectivity index (χ2n) is 7.58. The van der Waals surface area contributed by atoms with Gasteiger partial charge in [0, 0.05) is 50.2 Å². The minimum absolute atomic E-state index is 0.263. The van der Waals surface area contributed by atoms with Gasteiger partial charge in [-0.15, -0.1) is 0 Å². The molecule has 0 unspecified atom stereocenters. The van der Waals surface area contributed by atoms with Gasteiger partial charge in [0.05, 0.1) is 12.7 Å². The van der Waals surface area contributed by atoms with Crippen LogP contribution in [0.25, 0.3) is 5.57 Å². The summed E-state index contributed by atoms with van der Waals surface area (Å²) in [6.07, 6.45) is 0. The van der Waals surface area contributed by atoms with E-state index in [1.54, 1.807) is 19.2 Å². The molecule has 7 nitrogen and oxygen atoms in total. The normalized spacial score (nSPS) is 17.7. The van der Waals surface area contributed by atoms with Crippen LogP contribution >= 0.6 is 0 Å². The number of benzene rings is 2. The van der Waals surface area contributed by atoms with Crippen LogP contribution in [0.2, 0.25) is 0 Å². The molecule has 0 saturated carbocycles. The summed E-state index contributed by atoms with van der Waals surface area (Å²) < 4.78 is 5.41. The number of carbonyl (C=O) groups excluding carboxylic acids is 2. The highest BCUT2D eigenvalue weighted by Gasteiger charge is 2.38. The molecule has 2 heterocycles. The van der Waals surface area contributed by atoms with E-state index >= 15 is 0 Å². The van der Waals surface area contributed by atoms with Gasteiger partial charge in [0.25, 0.3) is 11.8 Å². The zero-order valence-electron chi connectivity index (χ0n) is 17.5. The van der Waals surface area contributed by atoms with Gasteiger partial charge in [0.1, 0.15) is 11.4 Å². The second kappa shape index (κ2) is 8.20. The van der Waals surface area contributed by atoms with Crippen molar-refractivity contribution in [1.29, 1.82) is 0 Å². The van der Waals surface area contributed by atoms with Crippen LogP contribution in [0.5, 0.6) is 5.75 Å². The van der Waals surface area contributed by atoms with Gasteiger partial charge in [-0.25, -0.2) is 0 Å². The maximum Gasteiger partial charge on any atom is 0.277 e. The SMILES string of the molecule is COc1ccccc1C1=C(Nc2ccc(N3CCN(C)CC3)cc2)C(=O)N(C)C1=O. The van der Waals surface area contributed by atoms with Gasteiger partial charge in [0.15, 0.2) is 0 Å². The van der Waals surface area contributed by atoms with Crippen molar-refractivity contribution in [2.75, 3.05) is 57.6 Å². The molecule has 30 heavy (non-hydrogen) atoms. The number of amides is 2. The van der Waals surface area contributed by atoms with E-state index in [-0.39, 0.29) is 17.5 Å². The third kappa shape index (κ3) is 3.64. The average molecular weight is 406 g/mol. The summed E-state index contributed by atoms with van der Waals surface area (Å²) in [5, 5.41) is 3.17. The van der Waals surface area contributed by atoms with Crippen LogP contribution in [0.4, 0.5) is 11.4 Å². The number of nitrogens with zero attached hydrogens (tertiary/aromatic N) is 3. The number of hydrogen-bond acceptors (Lipinski definition) is 6. The van der Waals surface area contributed by atoms with Gasteiger partial charge in [-0.3, -0.25) is 14.5 Å². The number of piperazine rings is 1. The number of para-hydroxylation sites is 1. The zero-order valence-corrected chi connectivity index (χ0v) is 17.5. The first kappa shape index (κ1) is 20.0. The quantitative estimate of drug-likeness (QED) is 0.769. The molecular weight excluding hydrogens is 380 g/mol. The minimum atomic E-state index is -0.357. The second-order valence-corrected chi connectivity index (χ2v) is 7.58. The molecule has 0 aliphatic carbocycles. The highest BCUT2D eigenvalue weighted by atomic mass is 16.5. The van der Waals surface area contributed by atoms with Crippen molar-refractivity contribution in [3.63, 3.8) is 0 Å². The van der Waals surface area contributed by atoms with Gasteiger partial charge in [0.2, 0.25) is 0 Å². The van der Waals surface area contributed by atoms with E-state index in [1.165, 1.54) is 7.05 Å². The molecule has 1 N–H and O–H groups in total. The maximum absolute atomic E-state index is 12.8. The molecule has 0 bridgehead atoms. The molecule has 2 aromatic rings. The molecule has 1 fully saturated rings. The lowest BCUT2D eigenvalue weighted by Gasteiger charge is -2.34. The van der Waals surface area contributed by atoms with Gasteiger partial charge in [-0.1, -0.05) is 18.2 Å². The van der Waals surface area contributed by atoms with E-state index in [1.807, 2.05) is 36.4 Å². The average Bonchev–Trinajstić information content (AvgIpc) is 2.98. The number of nitrogens with one attached hydrogen (secondary N) is 1. The third-order valence-electron chi connectivity index (χ3n) is 5.67. The fourth-order valence-corrected chi connectivity index (χ4v) is 3.82. The van der Waals surface area contributed by atoms with Crippen LogP contribution in [0.15, 0.2) is 54.2 Å². The number of anilines is 2. The Hall–Kier alpha value is -3.32. The molecule has 0 aromatic heterocycles. The van der Waals surface area contributed by atoms with Crippen LogP contribution in [0, 0.1) is 0 Å². The standard InChI is InChI=1S/C23H26N4O3/c1-25-12-14-27(15-13-25)17-10-8-16(9-11-17)24-21-20(22(28)26(2)23(21)29)18-6-4-5-7-19(18)30-3/h4-11,24H,12-15H2,1-3H3. The minimum Gasteiger partial charge on any atom is -0.496 e. The fourth-order valence-electron chi connectivity index (χ4n) is 3.82. The molecule has 0 atom stereocenters. The summed E-state index contributed by atoms with van der Waals surface area (Å²) in [5.41, 5.74) is 3.09. The lowest BCUT2D eigenvalue weighted by molar-refractivity contribution is -0.135. The van der Waals surface area contributed by atoms with Crippen molar-refractivity contribution < 1.29 is 14.3 Å². The van der Waals surface area contributed by atoms with Gasteiger partial charge >= 0.3 is 0 Å². The Balaban J connectivity index is 1.63. The molecular formula is C23H26N4O3. The Labute approximate surface area is 176 Å². The predicted octanol–water partition coefficient (Wildman–Crippen LogP) is 2.27. The first-order chi connectivity index (χ1) is 14.5. The Morgan fingerprint density at radius 1 is 0.867 bits per heavy atom. The van der Waals surface area contributed by atoms with Crippen LogP contribution in [-0.4, -0.2) is 69.0 Å². The number of hydrogen-bond donors (Lipinski definition) is 1. The van der Waals surface area contributed by atoms with Gasteiger partial charge < -0.3 is 19.9 Å². The summed E-state index contributed by atoms with van der Waals surface area (Å²) in [6, 6.07) is 15.2. The van der Waals surface area contributed by atoms with Crippen LogP contribution in [0.3, 0.4) is 0 Å². The third-order valence-corrected chi connectivity index (χ3v) is 5.67. The molecule has 4 rings (SSSR count). The number of ether oxygens (including phenoxy) is 1. The van der Waals surface area contributed by atoms with Crippen LogP contribution in [0.1, 0.15) is 5.56 Å². The molecule has 2 aromatic carbocycles. The Kier molecular flexibility index (Phi) is 5.46. The lowest BCUT2D eigenvalue weighted by atomic mass is 10.0. The van der Waals surface area contributed by atoms with Crippen molar-refractivity contribution in [3.05, 3.63) is 59.8 Å². The van der Waals surface area contributed by atoms with E-state index in [2.05, 4.69) is 22.2 Å². The predicted molar refractivity (Wildman–Crippen MR) is 117 cm³/mol. The number of likely N-dealkylation sites (N-methyl/N-ethyl adjacent to an activating group) is 2. The summed E-state index contributed by atoms with van der Waals surface area (Å²) in [7, 11) is 5.17. The number of carbonyl (C=O) groups is 2. The lowest BCUT2D eigenvalue weighted by Crippen LogP contribution is -2.44. The molecule has 1 saturated heterocycles. The molecule has 156 valence electrons. The largest absolute Gasteiger partial charge is 0.496 e. The number of imide groups is 1. The van der Waals surface area contributed by atoms with Crippen molar-refractivity contribution >= 4 is 28.8 Å². The molecule has 0 radical (unpaired) electrons. The molecule has 0 spiro atoms. The number of rotatable bonds is 5. The van der Waals surface area contributed by atoms with Crippen LogP contribution < -0.4 is 15.0 Å². The first-order valence-electron chi connectivity index (χ1n) is 10.00. The number of methoxy groups -OCH3 is 1. The Bertz CT molecular complexity index is 992. The fraction of sp³-hybridized carbons (Fsp3) is 0.304. The van der Waals surface area contributed by atoms with Crippen LogP contribution in [-0.2, 0) is 9.59 Å². The van der Waals surface area contributed by atoms with Gasteiger partial charge in [-0.2, -0.15) is 0 Å². The Morgan fingerprint density at radius 2 is 1.53 bits per heavy atom. The smallest absolute Gasteiger partial charge is 0.277 e. The van der Waals surface area contributed by atoms with Crippen molar-refractivity contribution in [2.45, 2.75) is 0 Å². The molecule has 2 aliphatic heterocycles. The topological polar surface area (TPSA) is 65.1 Å². The van der Waals surface area contributed by atoms with E-state index < -0.39 is 0 Å². The Morgan fingerprint density at radius 3 is 2.20 bits per heavy atom. The zero-order chi connectivity index (χ0) is 21.3. The van der Waals surface area contributed by atoms with Crippen molar-refractivity contribution in [1.82, 2.24) is 9.80 Å². The summed E-state index contributed by atoms with van der Waals surface area (Å²) in [6.45, 7) is 4.06.